The average Bonchev–Trinajstić information content (AvgIpc) is 3.93. The van der Waals surface area contributed by atoms with Gasteiger partial charge >= 0.3 is 5.69 Å². The lowest BCUT2D eigenvalue weighted by molar-refractivity contribution is -0.135. The molecule has 4 aromatic heterocycles. The number of nitrogens with one attached hydrogen (secondary N) is 2. The molecule has 1 spiro atoms. The molecule has 292 valence electrons. The molecule has 5 aromatic rings. The largest absolute Gasteiger partial charge is 0.374 e. The fourth-order valence-electron chi connectivity index (χ4n) is 9.41. The standard InChI is InChI=1S/C41H48N10O5/c1-47(2)38(54)32-21-27-23-43-39(46-36(27)50(32)28-7-4-5-8-28)44-33-13-11-25(22-42-33)26-15-16-41(56-24-26)17-19-49(20-18-41)29-9-6-10-30-35(29)48(3)40(55)51(30)31-12-14-34(52)45-37(31)53/h6,9-11,13,21-23,26,28,31H,4-5,7-8,12,14-20,24H2,1-3H3,(H,45,52,53)(H,42,43,44,46)/t26-,31+/m1/s1. The number of carbonyl (C=O) groups is 3. The van der Waals surface area contributed by atoms with Gasteiger partial charge in [-0.15, -0.1) is 0 Å². The van der Waals surface area contributed by atoms with Gasteiger partial charge in [0.1, 0.15) is 23.2 Å². The molecule has 0 radical (unpaired) electrons. The summed E-state index contributed by atoms with van der Waals surface area (Å²) in [5, 5.41) is 6.52. The van der Waals surface area contributed by atoms with Crippen LogP contribution in [-0.4, -0.2) is 90.7 Å². The van der Waals surface area contributed by atoms with Crippen molar-refractivity contribution < 1.29 is 19.1 Å². The third-order valence-corrected chi connectivity index (χ3v) is 12.5. The molecular formula is C41H48N10O5. The molecule has 3 amide bonds. The third kappa shape index (κ3) is 6.31. The fourth-order valence-corrected chi connectivity index (χ4v) is 9.41. The van der Waals surface area contributed by atoms with Crippen LogP contribution in [0.5, 0.6) is 0 Å². The molecule has 1 aromatic carbocycles. The van der Waals surface area contributed by atoms with Gasteiger partial charge in [0, 0.05) is 70.4 Å². The van der Waals surface area contributed by atoms with E-state index in [0.29, 0.717) is 36.0 Å². The lowest BCUT2D eigenvalue weighted by Gasteiger charge is -2.46. The van der Waals surface area contributed by atoms with Crippen LogP contribution in [-0.2, 0) is 21.4 Å². The van der Waals surface area contributed by atoms with Crippen LogP contribution in [0.15, 0.2) is 53.6 Å². The molecule has 56 heavy (non-hydrogen) atoms. The number of fused-ring (bicyclic) bond motifs is 2. The lowest BCUT2D eigenvalue weighted by Crippen LogP contribution is -2.48. The average molecular weight is 761 g/mol. The maximum atomic E-state index is 13.5. The van der Waals surface area contributed by atoms with E-state index in [9.17, 15) is 19.2 Å². The maximum absolute atomic E-state index is 13.5. The van der Waals surface area contributed by atoms with E-state index in [2.05, 4.69) is 31.2 Å². The predicted octanol–water partition coefficient (Wildman–Crippen LogP) is 4.95. The summed E-state index contributed by atoms with van der Waals surface area (Å²) in [5.74, 6) is 0.567. The number of anilines is 3. The Morgan fingerprint density at radius 3 is 2.46 bits per heavy atom. The highest BCUT2D eigenvalue weighted by Crippen LogP contribution is 2.42. The molecule has 1 saturated carbocycles. The summed E-state index contributed by atoms with van der Waals surface area (Å²) in [5.41, 5.74) is 4.56. The van der Waals surface area contributed by atoms with Gasteiger partial charge in [0.05, 0.1) is 28.9 Å². The quantitative estimate of drug-likeness (QED) is 0.217. The van der Waals surface area contributed by atoms with E-state index < -0.39 is 11.9 Å². The Morgan fingerprint density at radius 2 is 1.77 bits per heavy atom. The van der Waals surface area contributed by atoms with Crippen molar-refractivity contribution in [1.82, 2.24) is 38.9 Å². The zero-order valence-electron chi connectivity index (χ0n) is 32.2. The number of hydrogen-bond donors (Lipinski definition) is 2. The molecule has 3 saturated heterocycles. The van der Waals surface area contributed by atoms with E-state index in [4.69, 9.17) is 14.7 Å². The number of aryl methyl sites for hydroxylation is 1. The first-order valence-electron chi connectivity index (χ1n) is 19.8. The predicted molar refractivity (Wildman–Crippen MR) is 211 cm³/mol. The summed E-state index contributed by atoms with van der Waals surface area (Å²) in [6.45, 7) is 2.20. The number of imide groups is 1. The minimum absolute atomic E-state index is 0.0341. The second-order valence-electron chi connectivity index (χ2n) is 16.2. The number of para-hydroxylation sites is 1. The Balaban J connectivity index is 0.845. The Kier molecular flexibility index (Phi) is 9.14. The van der Waals surface area contributed by atoms with Crippen molar-refractivity contribution in [3.05, 3.63) is 70.5 Å². The molecule has 15 heteroatoms. The Hall–Kier alpha value is -5.57. The normalized spacial score (nSPS) is 21.6. The number of rotatable bonds is 7. The van der Waals surface area contributed by atoms with Gasteiger partial charge in [0.2, 0.25) is 17.8 Å². The fraction of sp³-hybridized carbons (Fsp3) is 0.488. The van der Waals surface area contributed by atoms with E-state index in [1.807, 2.05) is 36.5 Å². The Bertz CT molecular complexity index is 2390. The zero-order chi connectivity index (χ0) is 38.7. The first-order chi connectivity index (χ1) is 27.1. The minimum atomic E-state index is -0.713. The van der Waals surface area contributed by atoms with Gasteiger partial charge in [0.25, 0.3) is 5.91 Å². The Labute approximate surface area is 324 Å². The SMILES string of the molecule is CN(C)C(=O)c1cc2cnc(Nc3ccc([C@@H]4CCC5(CCN(c6cccc7c6n(C)c(=O)n7[C@H]6CCC(=O)NC6=O)CC5)OC4)cn3)nc2n1C1CCCC1. The van der Waals surface area contributed by atoms with Crippen molar-refractivity contribution in [1.29, 1.82) is 0 Å². The molecule has 3 aliphatic heterocycles. The van der Waals surface area contributed by atoms with Crippen LogP contribution in [0.4, 0.5) is 17.5 Å². The molecular weight excluding hydrogens is 713 g/mol. The van der Waals surface area contributed by atoms with E-state index in [1.165, 1.54) is 0 Å². The molecule has 7 heterocycles. The number of pyridine rings is 1. The van der Waals surface area contributed by atoms with Crippen LogP contribution >= 0.6 is 0 Å². The van der Waals surface area contributed by atoms with Crippen LogP contribution in [0.2, 0.25) is 0 Å². The number of hydrogen-bond acceptors (Lipinski definition) is 10. The van der Waals surface area contributed by atoms with Crippen molar-refractivity contribution in [2.24, 2.45) is 7.05 Å². The molecule has 2 N–H and O–H groups in total. The summed E-state index contributed by atoms with van der Waals surface area (Å²) >= 11 is 0. The van der Waals surface area contributed by atoms with Crippen LogP contribution in [0.1, 0.15) is 98.3 Å². The molecule has 4 aliphatic rings. The van der Waals surface area contributed by atoms with E-state index in [0.717, 1.165) is 92.3 Å². The van der Waals surface area contributed by atoms with Gasteiger partial charge in [-0.1, -0.05) is 25.0 Å². The van der Waals surface area contributed by atoms with Gasteiger partial charge in [-0.2, -0.15) is 4.98 Å². The molecule has 1 aliphatic carbocycles. The number of ether oxygens (including phenoxy) is 1. The first-order valence-corrected chi connectivity index (χ1v) is 19.8. The number of nitrogens with zero attached hydrogens (tertiary/aromatic N) is 8. The maximum Gasteiger partial charge on any atom is 0.329 e. The van der Waals surface area contributed by atoms with Gasteiger partial charge in [-0.3, -0.25) is 28.8 Å². The van der Waals surface area contributed by atoms with E-state index in [-0.39, 0.29) is 41.5 Å². The molecule has 9 rings (SSSR count). The summed E-state index contributed by atoms with van der Waals surface area (Å²) in [4.78, 5) is 69.2. The van der Waals surface area contributed by atoms with Crippen molar-refractivity contribution in [3.8, 4) is 0 Å². The molecule has 0 bridgehead atoms. The number of piperidine rings is 2. The third-order valence-electron chi connectivity index (χ3n) is 12.5. The molecule has 15 nitrogen and oxygen atoms in total. The Morgan fingerprint density at radius 1 is 0.964 bits per heavy atom. The number of carbonyl (C=O) groups excluding carboxylic acids is 3. The smallest absolute Gasteiger partial charge is 0.329 e. The topological polar surface area (TPSA) is 162 Å². The highest BCUT2D eigenvalue weighted by atomic mass is 16.5. The number of benzene rings is 1. The van der Waals surface area contributed by atoms with Crippen molar-refractivity contribution in [2.45, 2.75) is 87.8 Å². The van der Waals surface area contributed by atoms with E-state index in [1.54, 1.807) is 41.4 Å². The summed E-state index contributed by atoms with van der Waals surface area (Å²) in [6.07, 6.45) is 12.3. The van der Waals surface area contributed by atoms with Gasteiger partial charge < -0.3 is 24.4 Å². The summed E-state index contributed by atoms with van der Waals surface area (Å²) < 4.78 is 12.0. The van der Waals surface area contributed by atoms with Gasteiger partial charge in [-0.25, -0.2) is 14.8 Å². The highest BCUT2D eigenvalue weighted by Gasteiger charge is 2.40. The van der Waals surface area contributed by atoms with Crippen molar-refractivity contribution in [2.75, 3.05) is 44.0 Å². The van der Waals surface area contributed by atoms with Crippen LogP contribution < -0.4 is 21.2 Å². The highest BCUT2D eigenvalue weighted by molar-refractivity contribution is 6.01. The number of amides is 3. The van der Waals surface area contributed by atoms with Crippen LogP contribution in [0.3, 0.4) is 0 Å². The monoisotopic (exact) mass is 760 g/mol. The number of imidazole rings is 1. The minimum Gasteiger partial charge on any atom is -0.374 e. The second-order valence-corrected chi connectivity index (χ2v) is 16.2. The van der Waals surface area contributed by atoms with Crippen LogP contribution in [0, 0.1) is 0 Å². The van der Waals surface area contributed by atoms with Gasteiger partial charge in [-0.05, 0) is 74.8 Å². The zero-order valence-corrected chi connectivity index (χ0v) is 32.2. The van der Waals surface area contributed by atoms with Crippen LogP contribution in [0.25, 0.3) is 22.1 Å². The first kappa shape index (κ1) is 36.1. The van der Waals surface area contributed by atoms with Gasteiger partial charge in [0.15, 0.2) is 0 Å². The summed E-state index contributed by atoms with van der Waals surface area (Å²) in [6, 6.07) is 11.4. The lowest BCUT2D eigenvalue weighted by atomic mass is 9.80. The molecule has 0 unspecified atom stereocenters. The van der Waals surface area contributed by atoms with E-state index >= 15 is 0 Å². The van der Waals surface area contributed by atoms with Crippen molar-refractivity contribution >= 4 is 57.2 Å². The van der Waals surface area contributed by atoms with Crippen molar-refractivity contribution in [3.63, 3.8) is 0 Å². The second kappa shape index (κ2) is 14.2. The molecule has 2 atom stereocenters. The number of aromatic nitrogens is 6. The molecule has 4 fully saturated rings. The summed E-state index contributed by atoms with van der Waals surface area (Å²) in [7, 11) is 5.30.